The van der Waals surface area contributed by atoms with Crippen molar-refractivity contribution in [1.29, 1.82) is 0 Å². The molecule has 1 aliphatic carbocycles. The Morgan fingerprint density at radius 2 is 2.31 bits per heavy atom. The Kier molecular flexibility index (Phi) is 3.71. The molecule has 1 saturated carbocycles. The number of rotatable bonds is 5. The lowest BCUT2D eigenvalue weighted by molar-refractivity contribution is 0.365. The molecule has 0 aliphatic heterocycles. The first-order chi connectivity index (χ1) is 7.81. The van der Waals surface area contributed by atoms with Crippen molar-refractivity contribution < 1.29 is 4.74 Å². The molecule has 2 nitrogen and oxygen atoms in total. The number of ether oxygens (including phenoxy) is 1. The van der Waals surface area contributed by atoms with E-state index in [4.69, 9.17) is 22.8 Å². The Hall–Kier alpha value is -1.17. The molecule has 0 heterocycles. The molecule has 1 aromatic carbocycles. The minimum atomic E-state index is 0.250. The van der Waals surface area contributed by atoms with Crippen molar-refractivity contribution in [2.75, 3.05) is 6.61 Å². The largest absolute Gasteiger partial charge is 0.479 e. The molecule has 1 aromatic rings. The molecule has 1 aliphatic rings. The number of hydrogen-bond acceptors (Lipinski definition) is 2. The van der Waals surface area contributed by atoms with Crippen molar-refractivity contribution in [2.24, 2.45) is 0 Å². The molecule has 0 saturated heterocycles. The number of halogens is 1. The summed E-state index contributed by atoms with van der Waals surface area (Å²) in [7, 11) is 0. The molecule has 16 heavy (non-hydrogen) atoms. The van der Waals surface area contributed by atoms with Gasteiger partial charge in [-0.05, 0) is 18.9 Å². The normalized spacial score (nSPS) is 14.5. The molecular weight excluding hydrogens is 222 g/mol. The van der Waals surface area contributed by atoms with E-state index in [1.807, 2.05) is 18.2 Å². The zero-order chi connectivity index (χ0) is 11.4. The monoisotopic (exact) mass is 235 g/mol. The minimum Gasteiger partial charge on any atom is -0.479 e. The first-order valence-electron chi connectivity index (χ1n) is 5.38. The van der Waals surface area contributed by atoms with Crippen LogP contribution in [-0.2, 0) is 6.54 Å². The second-order valence-corrected chi connectivity index (χ2v) is 4.28. The average Bonchev–Trinajstić information content (AvgIpc) is 3.09. The Labute approximate surface area is 101 Å². The quantitative estimate of drug-likeness (QED) is 0.793. The highest BCUT2D eigenvalue weighted by molar-refractivity contribution is 6.32. The molecule has 0 unspecified atom stereocenters. The number of terminal acetylenes is 1. The van der Waals surface area contributed by atoms with E-state index in [9.17, 15) is 0 Å². The molecule has 84 valence electrons. The van der Waals surface area contributed by atoms with E-state index in [0.717, 1.165) is 12.1 Å². The summed E-state index contributed by atoms with van der Waals surface area (Å²) in [6.45, 7) is 1.03. The smallest absolute Gasteiger partial charge is 0.148 e. The lowest BCUT2D eigenvalue weighted by Crippen LogP contribution is -2.16. The van der Waals surface area contributed by atoms with Gasteiger partial charge in [-0.1, -0.05) is 29.7 Å². The minimum absolute atomic E-state index is 0.250. The maximum Gasteiger partial charge on any atom is 0.148 e. The summed E-state index contributed by atoms with van der Waals surface area (Å²) in [4.78, 5) is 0. The highest BCUT2D eigenvalue weighted by atomic mass is 35.5. The van der Waals surface area contributed by atoms with Gasteiger partial charge >= 0.3 is 0 Å². The van der Waals surface area contributed by atoms with Gasteiger partial charge in [-0.2, -0.15) is 0 Å². The first kappa shape index (κ1) is 11.3. The average molecular weight is 236 g/mol. The molecule has 3 heteroatoms. The molecule has 0 amide bonds. The van der Waals surface area contributed by atoms with Gasteiger partial charge in [0.1, 0.15) is 12.4 Å². The molecular formula is C13H14ClNO. The lowest BCUT2D eigenvalue weighted by atomic mass is 10.2. The van der Waals surface area contributed by atoms with Crippen LogP contribution in [0.25, 0.3) is 0 Å². The van der Waals surface area contributed by atoms with Crippen LogP contribution in [-0.4, -0.2) is 12.6 Å². The van der Waals surface area contributed by atoms with Crippen molar-refractivity contribution in [3.63, 3.8) is 0 Å². The van der Waals surface area contributed by atoms with Crippen LogP contribution in [0.5, 0.6) is 5.75 Å². The maximum atomic E-state index is 6.07. The van der Waals surface area contributed by atoms with Crippen LogP contribution in [0.15, 0.2) is 18.2 Å². The van der Waals surface area contributed by atoms with E-state index < -0.39 is 0 Å². The van der Waals surface area contributed by atoms with Gasteiger partial charge in [0, 0.05) is 18.2 Å². The topological polar surface area (TPSA) is 21.3 Å². The van der Waals surface area contributed by atoms with Crippen LogP contribution in [0.1, 0.15) is 18.4 Å². The molecule has 2 rings (SSSR count). The van der Waals surface area contributed by atoms with E-state index in [-0.39, 0.29) is 6.61 Å². The van der Waals surface area contributed by atoms with Gasteiger partial charge < -0.3 is 10.1 Å². The van der Waals surface area contributed by atoms with Crippen LogP contribution in [0.4, 0.5) is 0 Å². The van der Waals surface area contributed by atoms with E-state index in [2.05, 4.69) is 11.2 Å². The van der Waals surface area contributed by atoms with Gasteiger partial charge in [-0.15, -0.1) is 6.42 Å². The fourth-order valence-corrected chi connectivity index (χ4v) is 1.76. The summed E-state index contributed by atoms with van der Waals surface area (Å²) in [5, 5.41) is 4.04. The lowest BCUT2D eigenvalue weighted by Gasteiger charge is -2.11. The molecule has 1 N–H and O–H groups in total. The highest BCUT2D eigenvalue weighted by Crippen LogP contribution is 2.29. The van der Waals surface area contributed by atoms with Crippen molar-refractivity contribution >= 4 is 11.6 Å². The summed E-state index contributed by atoms with van der Waals surface area (Å²) < 4.78 is 5.46. The molecule has 1 fully saturated rings. The van der Waals surface area contributed by atoms with Crippen molar-refractivity contribution in [3.8, 4) is 18.1 Å². The van der Waals surface area contributed by atoms with Crippen LogP contribution in [0.3, 0.4) is 0 Å². The summed E-state index contributed by atoms with van der Waals surface area (Å²) in [5.41, 5.74) is 1.06. The third-order valence-corrected chi connectivity index (χ3v) is 2.80. The Morgan fingerprint density at radius 1 is 1.50 bits per heavy atom. The van der Waals surface area contributed by atoms with Crippen LogP contribution in [0, 0.1) is 12.3 Å². The van der Waals surface area contributed by atoms with Crippen LogP contribution in [0.2, 0.25) is 5.02 Å². The molecule has 0 spiro atoms. The Morgan fingerprint density at radius 3 is 3.00 bits per heavy atom. The number of nitrogens with one attached hydrogen (secondary N) is 1. The standard InChI is InChI=1S/C13H14ClNO/c1-2-8-16-13-10(4-3-5-12(13)14)9-15-11-6-7-11/h1,3-5,11,15H,6-9H2. The van der Waals surface area contributed by atoms with E-state index in [1.54, 1.807) is 0 Å². The van der Waals surface area contributed by atoms with Gasteiger partial charge in [-0.3, -0.25) is 0 Å². The summed E-state index contributed by atoms with van der Waals surface area (Å²) in [5.74, 6) is 3.15. The number of para-hydroxylation sites is 1. The van der Waals surface area contributed by atoms with Crippen LogP contribution >= 0.6 is 11.6 Å². The Bertz CT molecular complexity index is 407. The second kappa shape index (κ2) is 5.25. The van der Waals surface area contributed by atoms with Crippen molar-refractivity contribution in [1.82, 2.24) is 5.32 Å². The van der Waals surface area contributed by atoms with Gasteiger partial charge in [0.15, 0.2) is 0 Å². The van der Waals surface area contributed by atoms with Crippen molar-refractivity contribution in [2.45, 2.75) is 25.4 Å². The van der Waals surface area contributed by atoms with Crippen molar-refractivity contribution in [3.05, 3.63) is 28.8 Å². The molecule has 0 atom stereocenters. The van der Waals surface area contributed by atoms with Gasteiger partial charge in [0.25, 0.3) is 0 Å². The highest BCUT2D eigenvalue weighted by Gasteiger charge is 2.20. The maximum absolute atomic E-state index is 6.07. The molecule has 0 aromatic heterocycles. The number of hydrogen-bond donors (Lipinski definition) is 1. The second-order valence-electron chi connectivity index (χ2n) is 3.88. The predicted molar refractivity (Wildman–Crippen MR) is 65.6 cm³/mol. The van der Waals surface area contributed by atoms with Gasteiger partial charge in [-0.25, -0.2) is 0 Å². The van der Waals surface area contributed by atoms with E-state index >= 15 is 0 Å². The van der Waals surface area contributed by atoms with E-state index in [1.165, 1.54) is 12.8 Å². The zero-order valence-corrected chi connectivity index (χ0v) is 9.76. The van der Waals surface area contributed by atoms with Crippen LogP contribution < -0.4 is 10.1 Å². The molecule has 0 bridgehead atoms. The van der Waals surface area contributed by atoms with Gasteiger partial charge in [0.2, 0.25) is 0 Å². The zero-order valence-electron chi connectivity index (χ0n) is 9.00. The summed E-state index contributed by atoms with van der Waals surface area (Å²) in [6.07, 6.45) is 7.70. The van der Waals surface area contributed by atoms with E-state index in [0.29, 0.717) is 16.8 Å². The molecule has 0 radical (unpaired) electrons. The SMILES string of the molecule is C#CCOc1c(Cl)cccc1CNC1CC1. The number of benzene rings is 1. The third kappa shape index (κ3) is 2.91. The fraction of sp³-hybridized carbons (Fsp3) is 0.385. The fourth-order valence-electron chi connectivity index (χ4n) is 1.51. The first-order valence-corrected chi connectivity index (χ1v) is 5.76. The third-order valence-electron chi connectivity index (χ3n) is 2.51. The summed E-state index contributed by atoms with van der Waals surface area (Å²) >= 11 is 6.07. The van der Waals surface area contributed by atoms with Gasteiger partial charge in [0.05, 0.1) is 5.02 Å². The predicted octanol–water partition coefficient (Wildman–Crippen LogP) is 2.60. The Balaban J connectivity index is 2.07. The summed E-state index contributed by atoms with van der Waals surface area (Å²) in [6, 6.07) is 6.41.